The average molecular weight is 589 g/mol. The number of rotatable bonds is 13. The van der Waals surface area contributed by atoms with Crippen molar-refractivity contribution in [2.75, 3.05) is 19.6 Å². The Morgan fingerprint density at radius 2 is 1.86 bits per heavy atom. The summed E-state index contributed by atoms with van der Waals surface area (Å²) in [7, 11) is 0. The maximum absolute atomic E-state index is 13.8. The zero-order valence-corrected chi connectivity index (χ0v) is 22.6. The normalized spacial score (nSPS) is 12.4. The topological polar surface area (TPSA) is 162 Å². The van der Waals surface area contributed by atoms with Gasteiger partial charge in [-0.2, -0.15) is 4.98 Å². The SMILES string of the molecule is NCCCCc1cc(OC(F)(F)F)cc(-c2cc3cn(-c4ccc(CNC[C@@H](F)CN=C(N)N)cc4)c(=O)nc3[nH]2)c1. The van der Waals surface area contributed by atoms with E-state index in [0.29, 0.717) is 59.5 Å². The fraction of sp³-hybridized carbons (Fsp3) is 0.321. The molecule has 8 N–H and O–H groups in total. The zero-order valence-electron chi connectivity index (χ0n) is 22.6. The fourth-order valence-electron chi connectivity index (χ4n) is 4.38. The lowest BCUT2D eigenvalue weighted by Gasteiger charge is -2.12. The quantitative estimate of drug-likeness (QED) is 0.0693. The van der Waals surface area contributed by atoms with Gasteiger partial charge in [0.25, 0.3) is 0 Å². The molecule has 14 heteroatoms. The molecular formula is C28H32F4N8O2. The lowest BCUT2D eigenvalue weighted by Crippen LogP contribution is -2.28. The van der Waals surface area contributed by atoms with Crippen LogP contribution in [0, 0.1) is 0 Å². The zero-order chi connectivity index (χ0) is 30.3. The van der Waals surface area contributed by atoms with Crippen molar-refractivity contribution in [2.24, 2.45) is 22.2 Å². The van der Waals surface area contributed by atoms with Crippen molar-refractivity contribution < 1.29 is 22.3 Å². The van der Waals surface area contributed by atoms with Crippen LogP contribution < -0.4 is 32.9 Å². The number of aryl methyl sites for hydroxylation is 1. The number of halogens is 4. The van der Waals surface area contributed by atoms with E-state index in [-0.39, 0.29) is 24.8 Å². The van der Waals surface area contributed by atoms with Crippen LogP contribution in [0.3, 0.4) is 0 Å². The molecule has 42 heavy (non-hydrogen) atoms. The Balaban J connectivity index is 1.54. The number of guanidine groups is 1. The molecule has 0 fully saturated rings. The van der Waals surface area contributed by atoms with Gasteiger partial charge < -0.3 is 32.2 Å². The Kier molecular flexibility index (Phi) is 9.80. The third kappa shape index (κ3) is 8.54. The predicted octanol–water partition coefficient (Wildman–Crippen LogP) is 3.26. The highest BCUT2D eigenvalue weighted by atomic mass is 19.4. The molecule has 10 nitrogen and oxygen atoms in total. The summed E-state index contributed by atoms with van der Waals surface area (Å²) < 4.78 is 58.3. The highest BCUT2D eigenvalue weighted by molar-refractivity contribution is 5.83. The number of nitrogens with zero attached hydrogens (tertiary/aromatic N) is 3. The predicted molar refractivity (Wildman–Crippen MR) is 153 cm³/mol. The van der Waals surface area contributed by atoms with E-state index in [1.807, 2.05) is 0 Å². The number of unbranched alkanes of at least 4 members (excludes halogenated alkanes) is 1. The van der Waals surface area contributed by atoms with Crippen LogP contribution in [0.25, 0.3) is 28.0 Å². The van der Waals surface area contributed by atoms with Crippen molar-refractivity contribution >= 4 is 17.0 Å². The molecule has 0 amide bonds. The van der Waals surface area contributed by atoms with Crippen molar-refractivity contribution in [3.63, 3.8) is 0 Å². The number of ether oxygens (including phenoxy) is 1. The molecule has 2 aromatic heterocycles. The third-order valence-electron chi connectivity index (χ3n) is 6.32. The second-order valence-electron chi connectivity index (χ2n) is 9.70. The van der Waals surface area contributed by atoms with E-state index < -0.39 is 18.2 Å². The minimum absolute atomic E-state index is 0.0643. The molecule has 0 saturated heterocycles. The van der Waals surface area contributed by atoms with Crippen LogP contribution in [-0.2, 0) is 13.0 Å². The van der Waals surface area contributed by atoms with Gasteiger partial charge in [0.05, 0.1) is 12.2 Å². The summed E-state index contributed by atoms with van der Waals surface area (Å²) in [5.74, 6) is -0.501. The van der Waals surface area contributed by atoms with Crippen LogP contribution in [0.2, 0.25) is 0 Å². The first-order valence-electron chi connectivity index (χ1n) is 13.2. The molecule has 0 aliphatic rings. The Morgan fingerprint density at radius 1 is 1.10 bits per heavy atom. The van der Waals surface area contributed by atoms with E-state index in [4.69, 9.17) is 17.2 Å². The molecule has 0 saturated carbocycles. The first-order valence-corrected chi connectivity index (χ1v) is 13.2. The van der Waals surface area contributed by atoms with Crippen molar-refractivity contribution in [3.8, 4) is 22.7 Å². The second-order valence-corrected chi connectivity index (χ2v) is 9.70. The molecule has 0 aliphatic carbocycles. The number of fused-ring (bicyclic) bond motifs is 1. The summed E-state index contributed by atoms with van der Waals surface area (Å²) in [4.78, 5) is 23.6. The number of hydrogen-bond donors (Lipinski definition) is 5. The van der Waals surface area contributed by atoms with E-state index in [2.05, 4.69) is 25.0 Å². The first-order chi connectivity index (χ1) is 20.0. The van der Waals surface area contributed by atoms with Crippen LogP contribution in [0.15, 0.2) is 64.5 Å². The van der Waals surface area contributed by atoms with E-state index >= 15 is 0 Å². The van der Waals surface area contributed by atoms with Crippen LogP contribution in [-0.4, -0.2) is 52.7 Å². The van der Waals surface area contributed by atoms with E-state index in [1.54, 1.807) is 42.6 Å². The molecule has 224 valence electrons. The number of aromatic amines is 1. The van der Waals surface area contributed by atoms with Crippen molar-refractivity contribution in [3.05, 3.63) is 76.3 Å². The summed E-state index contributed by atoms with van der Waals surface area (Å²) >= 11 is 0. The summed E-state index contributed by atoms with van der Waals surface area (Å²) in [6.45, 7) is 0.810. The summed E-state index contributed by atoms with van der Waals surface area (Å²) in [6, 6.07) is 13.2. The molecular weight excluding hydrogens is 556 g/mol. The standard InChI is InChI=1S/C28H32F4N8O2/c29-21(15-37-26(34)35)14-36-13-17-4-6-22(7-5-17)40-16-20-12-24(38-25(20)39-27(40)41)19-9-18(3-1-2-8-33)10-23(11-19)42-28(30,31)32/h4-7,9-12,16,21,36H,1-3,8,13-15,33H2,(H4,34,35,37)(H,38,39,41)/t21-/m1/s1. The Labute approximate surface area is 238 Å². The number of aromatic nitrogens is 3. The number of nitrogens with one attached hydrogen (secondary N) is 2. The van der Waals surface area contributed by atoms with Gasteiger partial charge in [0.15, 0.2) is 5.96 Å². The lowest BCUT2D eigenvalue weighted by molar-refractivity contribution is -0.274. The molecule has 4 aromatic rings. The molecule has 0 spiro atoms. The van der Waals surface area contributed by atoms with Gasteiger partial charge in [0, 0.05) is 35.9 Å². The molecule has 0 unspecified atom stereocenters. The van der Waals surface area contributed by atoms with E-state index in [0.717, 1.165) is 12.0 Å². The minimum Gasteiger partial charge on any atom is -0.406 e. The number of H-pyrrole nitrogens is 1. The van der Waals surface area contributed by atoms with Gasteiger partial charge in [0.2, 0.25) is 0 Å². The van der Waals surface area contributed by atoms with Crippen LogP contribution >= 0.6 is 0 Å². The van der Waals surface area contributed by atoms with Gasteiger partial charge in [-0.1, -0.05) is 12.1 Å². The highest BCUT2D eigenvalue weighted by Crippen LogP contribution is 2.31. The fourth-order valence-corrected chi connectivity index (χ4v) is 4.38. The number of hydrogen-bond acceptors (Lipinski definition) is 6. The monoisotopic (exact) mass is 588 g/mol. The number of nitrogens with two attached hydrogens (primary N) is 3. The van der Waals surface area contributed by atoms with Crippen LogP contribution in [0.4, 0.5) is 17.6 Å². The molecule has 0 radical (unpaired) electrons. The largest absolute Gasteiger partial charge is 0.573 e. The van der Waals surface area contributed by atoms with Crippen LogP contribution in [0.5, 0.6) is 5.75 Å². The first kappa shape index (κ1) is 30.5. The molecule has 0 aliphatic heterocycles. The van der Waals surface area contributed by atoms with E-state index in [1.165, 1.54) is 16.7 Å². The Morgan fingerprint density at radius 3 is 2.55 bits per heavy atom. The molecule has 2 heterocycles. The van der Waals surface area contributed by atoms with Gasteiger partial charge in [0.1, 0.15) is 17.6 Å². The smallest absolute Gasteiger partial charge is 0.406 e. The molecule has 2 aromatic carbocycles. The summed E-state index contributed by atoms with van der Waals surface area (Å²) in [5.41, 5.74) is 18.7. The maximum atomic E-state index is 13.8. The third-order valence-corrected chi connectivity index (χ3v) is 6.32. The molecule has 1 atom stereocenters. The van der Waals surface area contributed by atoms with Gasteiger partial charge in [-0.15, -0.1) is 13.2 Å². The average Bonchev–Trinajstić information content (AvgIpc) is 3.34. The molecule has 0 bridgehead atoms. The number of benzene rings is 2. The van der Waals surface area contributed by atoms with Gasteiger partial charge in [-0.25, -0.2) is 9.18 Å². The van der Waals surface area contributed by atoms with Gasteiger partial charge in [-0.3, -0.25) is 9.56 Å². The molecule has 4 rings (SSSR count). The number of aliphatic imine (C=N–C) groups is 1. The number of alkyl halides is 4. The van der Waals surface area contributed by atoms with Gasteiger partial charge >= 0.3 is 12.1 Å². The van der Waals surface area contributed by atoms with Crippen LogP contribution in [0.1, 0.15) is 24.0 Å². The van der Waals surface area contributed by atoms with E-state index in [9.17, 15) is 22.4 Å². The highest BCUT2D eigenvalue weighted by Gasteiger charge is 2.31. The minimum atomic E-state index is -4.84. The van der Waals surface area contributed by atoms with Crippen molar-refractivity contribution in [1.29, 1.82) is 0 Å². The summed E-state index contributed by atoms with van der Waals surface area (Å²) in [6.07, 6.45) is -2.50. The Bertz CT molecular complexity index is 1580. The van der Waals surface area contributed by atoms with Crippen molar-refractivity contribution in [1.82, 2.24) is 19.9 Å². The van der Waals surface area contributed by atoms with Gasteiger partial charge in [-0.05, 0) is 73.3 Å². The lowest BCUT2D eigenvalue weighted by atomic mass is 10.0. The van der Waals surface area contributed by atoms with Crippen molar-refractivity contribution in [2.45, 2.75) is 38.3 Å². The summed E-state index contributed by atoms with van der Waals surface area (Å²) in [5, 5.41) is 3.57. The Hall–Kier alpha value is -4.43. The maximum Gasteiger partial charge on any atom is 0.573 e. The second kappa shape index (κ2) is 13.5.